The summed E-state index contributed by atoms with van der Waals surface area (Å²) in [5.41, 5.74) is 0. The summed E-state index contributed by atoms with van der Waals surface area (Å²) in [6, 6.07) is -0.833. The second kappa shape index (κ2) is 68.5. The van der Waals surface area contributed by atoms with Crippen molar-refractivity contribution in [2.75, 3.05) is 19.8 Å². The second-order valence-corrected chi connectivity index (χ2v) is 26.7. The molecule has 6 N–H and O–H groups in total. The van der Waals surface area contributed by atoms with Crippen molar-refractivity contribution in [1.29, 1.82) is 0 Å². The number of aliphatic hydroxyl groups excluding tert-OH is 5. The first-order valence-electron chi connectivity index (χ1n) is 38.7. The van der Waals surface area contributed by atoms with Crippen molar-refractivity contribution in [2.24, 2.45) is 0 Å². The largest absolute Gasteiger partial charge is 0.466 e. The van der Waals surface area contributed by atoms with E-state index in [1.807, 2.05) is 6.08 Å². The SMILES string of the molecule is CCC/C=C/CC/C=C/CC/C=C/C(O)C(COC1OC(CO)C(O)C(O)C1O)NC(=O)CCCCCCCCCCCCCCCCCCC/C=C\C/C=C\CCCCCCCCCCCCCCCCCOC(=O)CCCCCCC/C=C\CCCCCC. The number of nitrogens with one attached hydrogen (secondary N) is 1. The summed E-state index contributed by atoms with van der Waals surface area (Å²) in [5, 5.41) is 54.4. The van der Waals surface area contributed by atoms with E-state index in [0.717, 1.165) is 83.5 Å². The van der Waals surface area contributed by atoms with Gasteiger partial charge in [-0.3, -0.25) is 9.59 Å². The zero-order valence-electron chi connectivity index (χ0n) is 59.1. The number of carbonyl (C=O) groups excluding carboxylic acids is 2. The minimum Gasteiger partial charge on any atom is -0.466 e. The fourth-order valence-corrected chi connectivity index (χ4v) is 11.9. The average molecular weight is 1280 g/mol. The van der Waals surface area contributed by atoms with Crippen LogP contribution in [0.25, 0.3) is 0 Å². The summed E-state index contributed by atoms with van der Waals surface area (Å²) < 4.78 is 16.7. The van der Waals surface area contributed by atoms with E-state index in [1.54, 1.807) is 6.08 Å². The van der Waals surface area contributed by atoms with Crippen LogP contribution in [0.1, 0.15) is 361 Å². The number of amides is 1. The fraction of sp³-hybridized carbons (Fsp3) is 0.825. The number of carbonyl (C=O) groups is 2. The molecule has 1 saturated heterocycles. The van der Waals surface area contributed by atoms with E-state index < -0.39 is 49.5 Å². The zero-order chi connectivity index (χ0) is 65.8. The summed E-state index contributed by atoms with van der Waals surface area (Å²) >= 11 is 0. The van der Waals surface area contributed by atoms with Crippen LogP contribution >= 0.6 is 0 Å². The molecule has 0 spiro atoms. The first-order valence-corrected chi connectivity index (χ1v) is 38.7. The molecule has 1 aliphatic heterocycles. The highest BCUT2D eigenvalue weighted by molar-refractivity contribution is 5.76. The molecule has 1 amide bonds. The molecular formula is C80H145NO10. The topological polar surface area (TPSA) is 175 Å². The Labute approximate surface area is 560 Å². The third-order valence-electron chi connectivity index (χ3n) is 18.0. The first kappa shape index (κ1) is 86.1. The van der Waals surface area contributed by atoms with Crippen molar-refractivity contribution in [3.63, 3.8) is 0 Å². The summed E-state index contributed by atoms with van der Waals surface area (Å²) in [7, 11) is 0. The Morgan fingerprint density at radius 1 is 0.407 bits per heavy atom. The molecule has 0 aromatic rings. The molecule has 1 fully saturated rings. The van der Waals surface area contributed by atoms with Crippen molar-refractivity contribution >= 4 is 11.9 Å². The van der Waals surface area contributed by atoms with E-state index in [1.165, 1.54) is 250 Å². The van der Waals surface area contributed by atoms with Gasteiger partial charge < -0.3 is 45.1 Å². The Kier molecular flexibility index (Phi) is 64.8. The second-order valence-electron chi connectivity index (χ2n) is 26.7. The van der Waals surface area contributed by atoms with E-state index in [9.17, 15) is 35.1 Å². The Hall–Kier alpha value is -2.90. The van der Waals surface area contributed by atoms with Gasteiger partial charge in [0.25, 0.3) is 0 Å². The number of unbranched alkanes of at least 4 members (excludes halogenated alkanes) is 44. The van der Waals surface area contributed by atoms with Gasteiger partial charge in [-0.1, -0.05) is 311 Å². The van der Waals surface area contributed by atoms with Crippen molar-refractivity contribution in [3.8, 4) is 0 Å². The third-order valence-corrected chi connectivity index (χ3v) is 18.0. The predicted molar refractivity (Wildman–Crippen MR) is 384 cm³/mol. The van der Waals surface area contributed by atoms with E-state index in [0.29, 0.717) is 19.4 Å². The molecule has 1 heterocycles. The molecule has 530 valence electrons. The van der Waals surface area contributed by atoms with Gasteiger partial charge in [-0.25, -0.2) is 0 Å². The summed E-state index contributed by atoms with van der Waals surface area (Å²) in [6.07, 6.45) is 83.7. The van der Waals surface area contributed by atoms with Gasteiger partial charge >= 0.3 is 5.97 Å². The molecule has 1 aliphatic rings. The Balaban J connectivity index is 1.90. The number of hydrogen-bond acceptors (Lipinski definition) is 10. The van der Waals surface area contributed by atoms with E-state index >= 15 is 0 Å². The lowest BCUT2D eigenvalue weighted by Gasteiger charge is -2.40. The molecule has 11 heteroatoms. The van der Waals surface area contributed by atoms with Crippen LogP contribution in [0.5, 0.6) is 0 Å². The number of aliphatic hydroxyl groups is 5. The molecule has 0 saturated carbocycles. The molecule has 0 bridgehead atoms. The van der Waals surface area contributed by atoms with Gasteiger partial charge in [0, 0.05) is 12.8 Å². The zero-order valence-corrected chi connectivity index (χ0v) is 59.1. The van der Waals surface area contributed by atoms with Gasteiger partial charge in [-0.05, 0) is 109 Å². The quantitative estimate of drug-likeness (QED) is 0.0195. The molecule has 0 radical (unpaired) electrons. The van der Waals surface area contributed by atoms with Crippen LogP contribution in [0.3, 0.4) is 0 Å². The Morgan fingerprint density at radius 3 is 1.20 bits per heavy atom. The highest BCUT2D eigenvalue weighted by Crippen LogP contribution is 2.23. The molecule has 11 nitrogen and oxygen atoms in total. The van der Waals surface area contributed by atoms with Crippen LogP contribution in [0.4, 0.5) is 0 Å². The number of ether oxygens (including phenoxy) is 3. The molecular weight excluding hydrogens is 1130 g/mol. The summed E-state index contributed by atoms with van der Waals surface area (Å²) in [5.74, 6) is -0.190. The van der Waals surface area contributed by atoms with Crippen LogP contribution in [0.15, 0.2) is 72.9 Å². The molecule has 0 aromatic carbocycles. The molecule has 7 unspecified atom stereocenters. The average Bonchev–Trinajstić information content (AvgIpc) is 1.12. The normalized spacial score (nSPS) is 18.0. The number of allylic oxidation sites excluding steroid dienone is 11. The lowest BCUT2D eigenvalue weighted by atomic mass is 9.99. The first-order chi connectivity index (χ1) is 44.7. The summed E-state index contributed by atoms with van der Waals surface area (Å²) in [6.45, 7) is 4.26. The van der Waals surface area contributed by atoms with Crippen LogP contribution in [0, 0.1) is 0 Å². The minimum absolute atomic E-state index is 0.00486. The monoisotopic (exact) mass is 1280 g/mol. The summed E-state index contributed by atoms with van der Waals surface area (Å²) in [4.78, 5) is 25.1. The number of esters is 1. The van der Waals surface area contributed by atoms with Crippen molar-refractivity contribution in [2.45, 2.75) is 403 Å². The van der Waals surface area contributed by atoms with Crippen LogP contribution in [-0.4, -0.2) is 100 Å². The van der Waals surface area contributed by atoms with E-state index in [4.69, 9.17) is 14.2 Å². The molecule has 0 aromatic heterocycles. The third kappa shape index (κ3) is 57.1. The maximum Gasteiger partial charge on any atom is 0.305 e. The molecule has 91 heavy (non-hydrogen) atoms. The van der Waals surface area contributed by atoms with Crippen molar-refractivity contribution < 1.29 is 49.3 Å². The van der Waals surface area contributed by atoms with Gasteiger partial charge in [0.2, 0.25) is 5.91 Å². The Morgan fingerprint density at radius 2 is 0.769 bits per heavy atom. The van der Waals surface area contributed by atoms with Gasteiger partial charge in [0.15, 0.2) is 6.29 Å². The fourth-order valence-electron chi connectivity index (χ4n) is 11.9. The number of hydrogen-bond donors (Lipinski definition) is 6. The van der Waals surface area contributed by atoms with Crippen molar-refractivity contribution in [1.82, 2.24) is 5.32 Å². The van der Waals surface area contributed by atoms with Crippen LogP contribution in [0.2, 0.25) is 0 Å². The van der Waals surface area contributed by atoms with Gasteiger partial charge in [-0.15, -0.1) is 0 Å². The highest BCUT2D eigenvalue weighted by Gasteiger charge is 2.44. The minimum atomic E-state index is -1.58. The van der Waals surface area contributed by atoms with Crippen molar-refractivity contribution in [3.05, 3.63) is 72.9 Å². The maximum atomic E-state index is 13.0. The smallest absolute Gasteiger partial charge is 0.305 e. The molecule has 1 rings (SSSR count). The molecule has 7 atom stereocenters. The van der Waals surface area contributed by atoms with Gasteiger partial charge in [0.1, 0.15) is 24.4 Å². The van der Waals surface area contributed by atoms with Gasteiger partial charge in [0.05, 0.1) is 32.0 Å². The van der Waals surface area contributed by atoms with E-state index in [2.05, 4.69) is 79.9 Å². The lowest BCUT2D eigenvalue weighted by Crippen LogP contribution is -2.60. The standard InChI is InChI=1S/C80H145NO10/c1-3-5-7-9-11-13-15-43-48-52-56-60-64-68-76(85)89-69-65-61-57-53-49-45-42-40-38-36-34-32-30-28-26-24-22-20-18-16-17-19-21-23-25-27-29-31-33-35-37-39-41-44-47-51-55-59-63-67-75(84)81-72(71-90-80-79(88)78(87)77(86)74(70-82)91-80)73(83)66-62-58-54-50-46-14-12-10-8-6-4-2/h8,10,13,15-17,20,22,46,50,62,66,72-74,77-80,82-83,86-88H,3-7,9,11-12,14,18-19,21,23-45,47-49,51-61,63-65,67-71H2,1-2H3,(H,81,84)/b10-8+,15-13-,17-16-,22-20-,50-46+,66-62+. The lowest BCUT2D eigenvalue weighted by molar-refractivity contribution is -0.302. The maximum absolute atomic E-state index is 13.0. The van der Waals surface area contributed by atoms with Crippen LogP contribution < -0.4 is 5.32 Å². The molecule has 0 aliphatic carbocycles. The highest BCUT2D eigenvalue weighted by atomic mass is 16.7. The predicted octanol–water partition coefficient (Wildman–Crippen LogP) is 20.6. The number of rotatable bonds is 68. The Bertz CT molecular complexity index is 1740. The van der Waals surface area contributed by atoms with Crippen LogP contribution in [-0.2, 0) is 23.8 Å². The van der Waals surface area contributed by atoms with E-state index in [-0.39, 0.29) is 18.5 Å². The van der Waals surface area contributed by atoms with Gasteiger partial charge in [-0.2, -0.15) is 0 Å².